The predicted octanol–water partition coefficient (Wildman–Crippen LogP) is 3.29. The topological polar surface area (TPSA) is 46.3 Å². The number of aryl methyl sites for hydroxylation is 1. The molecule has 2 saturated carbocycles. The van der Waals surface area contributed by atoms with Crippen LogP contribution in [-0.4, -0.2) is 12.5 Å². The third-order valence-electron chi connectivity index (χ3n) is 5.99. The first-order valence-corrected chi connectivity index (χ1v) is 8.31. The Hall–Kier alpha value is -1.51. The molecular weight excluding hydrogens is 260 g/mol. The molecule has 3 heteroatoms. The van der Waals surface area contributed by atoms with Gasteiger partial charge in [-0.15, -0.1) is 0 Å². The third kappa shape index (κ3) is 2.14. The van der Waals surface area contributed by atoms with E-state index in [2.05, 4.69) is 6.07 Å². The first kappa shape index (κ1) is 13.2. The number of fused-ring (bicyclic) bond motifs is 3. The minimum Gasteiger partial charge on any atom is -0.398 e. The summed E-state index contributed by atoms with van der Waals surface area (Å²) in [6.45, 7) is 2.87. The number of carbonyl (C=O) groups excluding carboxylic acids is 1. The van der Waals surface area contributed by atoms with Gasteiger partial charge >= 0.3 is 0 Å². The van der Waals surface area contributed by atoms with Crippen LogP contribution in [0.15, 0.2) is 12.1 Å². The minimum absolute atomic E-state index is 0.314. The Morgan fingerprint density at radius 1 is 1.33 bits per heavy atom. The number of carbonyl (C=O) groups is 1. The normalized spacial score (nSPS) is 30.0. The Labute approximate surface area is 126 Å². The molecule has 3 unspecified atom stereocenters. The SMILES string of the molecule is Cc1cc2c(cc1N)N(C(=O)CC1CC3CCC1C3)CC2. The van der Waals surface area contributed by atoms with E-state index in [0.717, 1.165) is 48.2 Å². The maximum Gasteiger partial charge on any atom is 0.227 e. The van der Waals surface area contributed by atoms with Crippen molar-refractivity contribution in [3.05, 3.63) is 23.3 Å². The van der Waals surface area contributed by atoms with Crippen molar-refractivity contribution in [1.29, 1.82) is 0 Å². The Balaban J connectivity index is 1.51. The average Bonchev–Trinajstić information content (AvgIpc) is 3.14. The second kappa shape index (κ2) is 4.75. The van der Waals surface area contributed by atoms with Crippen molar-refractivity contribution in [3.63, 3.8) is 0 Å². The molecule has 0 saturated heterocycles. The van der Waals surface area contributed by atoms with Gasteiger partial charge in [-0.3, -0.25) is 4.79 Å². The molecule has 0 radical (unpaired) electrons. The fraction of sp³-hybridized carbons (Fsp3) is 0.611. The van der Waals surface area contributed by atoms with Crippen molar-refractivity contribution in [2.45, 2.75) is 45.4 Å². The van der Waals surface area contributed by atoms with E-state index in [1.54, 1.807) is 0 Å². The lowest BCUT2D eigenvalue weighted by atomic mass is 9.86. The van der Waals surface area contributed by atoms with Gasteiger partial charge < -0.3 is 10.6 Å². The summed E-state index contributed by atoms with van der Waals surface area (Å²) in [6, 6.07) is 4.14. The Morgan fingerprint density at radius 2 is 2.19 bits per heavy atom. The van der Waals surface area contributed by atoms with Crippen LogP contribution >= 0.6 is 0 Å². The van der Waals surface area contributed by atoms with Gasteiger partial charge in [-0.1, -0.05) is 12.5 Å². The molecular formula is C18H24N2O. The highest BCUT2D eigenvalue weighted by Gasteiger charge is 2.41. The standard InChI is InChI=1S/C18H24N2O/c1-11-6-14-4-5-20(17(14)10-16(11)19)18(21)9-15-8-12-2-3-13(15)7-12/h6,10,12-13,15H,2-5,7-9,19H2,1H3. The lowest BCUT2D eigenvalue weighted by Gasteiger charge is -2.24. The first-order chi connectivity index (χ1) is 10.1. The molecule has 0 aromatic heterocycles. The number of anilines is 2. The predicted molar refractivity (Wildman–Crippen MR) is 85.2 cm³/mol. The van der Waals surface area contributed by atoms with E-state index in [9.17, 15) is 4.79 Å². The zero-order valence-electron chi connectivity index (χ0n) is 12.8. The van der Waals surface area contributed by atoms with E-state index < -0.39 is 0 Å². The monoisotopic (exact) mass is 284 g/mol. The maximum atomic E-state index is 12.7. The summed E-state index contributed by atoms with van der Waals surface area (Å²) in [7, 11) is 0. The summed E-state index contributed by atoms with van der Waals surface area (Å²) in [5.74, 6) is 2.69. The smallest absolute Gasteiger partial charge is 0.227 e. The molecule has 1 amide bonds. The number of rotatable bonds is 2. The first-order valence-electron chi connectivity index (χ1n) is 8.31. The molecule has 1 aromatic rings. The van der Waals surface area contributed by atoms with Crippen molar-refractivity contribution in [1.82, 2.24) is 0 Å². The van der Waals surface area contributed by atoms with E-state index in [4.69, 9.17) is 5.73 Å². The number of nitrogens with two attached hydrogens (primary N) is 1. The molecule has 21 heavy (non-hydrogen) atoms. The van der Waals surface area contributed by atoms with Gasteiger partial charge in [-0.05, 0) is 67.6 Å². The number of amides is 1. The zero-order chi connectivity index (χ0) is 14.6. The molecule has 112 valence electrons. The van der Waals surface area contributed by atoms with Gasteiger partial charge in [-0.25, -0.2) is 0 Å². The van der Waals surface area contributed by atoms with Gasteiger partial charge in [0.2, 0.25) is 5.91 Å². The number of nitrogen functional groups attached to an aromatic ring is 1. The van der Waals surface area contributed by atoms with Gasteiger partial charge in [0.1, 0.15) is 0 Å². The van der Waals surface area contributed by atoms with Gasteiger partial charge in [0, 0.05) is 24.3 Å². The molecule has 3 atom stereocenters. The summed E-state index contributed by atoms with van der Waals surface area (Å²) in [5, 5.41) is 0. The van der Waals surface area contributed by atoms with Gasteiger partial charge in [0.05, 0.1) is 0 Å². The summed E-state index contributed by atoms with van der Waals surface area (Å²) < 4.78 is 0. The Kier molecular flexibility index (Phi) is 2.98. The van der Waals surface area contributed by atoms with Crippen LogP contribution in [-0.2, 0) is 11.2 Å². The van der Waals surface area contributed by atoms with E-state index in [1.807, 2.05) is 17.9 Å². The quantitative estimate of drug-likeness (QED) is 0.847. The average molecular weight is 284 g/mol. The highest BCUT2D eigenvalue weighted by molar-refractivity contribution is 5.96. The Bertz CT molecular complexity index is 595. The molecule has 2 aliphatic carbocycles. The van der Waals surface area contributed by atoms with Crippen molar-refractivity contribution >= 4 is 17.3 Å². The van der Waals surface area contributed by atoms with Crippen molar-refractivity contribution in [2.75, 3.05) is 17.2 Å². The van der Waals surface area contributed by atoms with Crippen LogP contribution in [0.5, 0.6) is 0 Å². The summed E-state index contributed by atoms with van der Waals surface area (Å²) in [6.07, 6.45) is 7.13. The molecule has 1 heterocycles. The van der Waals surface area contributed by atoms with E-state index in [0.29, 0.717) is 11.8 Å². The lowest BCUT2D eigenvalue weighted by molar-refractivity contribution is -0.119. The van der Waals surface area contributed by atoms with Crippen LogP contribution in [0.1, 0.15) is 43.2 Å². The molecule has 3 aliphatic rings. The number of hydrogen-bond acceptors (Lipinski definition) is 2. The molecule has 0 spiro atoms. The molecule has 3 nitrogen and oxygen atoms in total. The van der Waals surface area contributed by atoms with E-state index >= 15 is 0 Å². The largest absolute Gasteiger partial charge is 0.398 e. The molecule has 2 bridgehead atoms. The van der Waals surface area contributed by atoms with Gasteiger partial charge in [0.25, 0.3) is 0 Å². The number of hydrogen-bond donors (Lipinski definition) is 1. The van der Waals surface area contributed by atoms with E-state index in [-0.39, 0.29) is 0 Å². The van der Waals surface area contributed by atoms with Crippen LogP contribution in [0.4, 0.5) is 11.4 Å². The summed E-state index contributed by atoms with van der Waals surface area (Å²) in [4.78, 5) is 14.7. The number of nitrogens with zero attached hydrogens (tertiary/aromatic N) is 1. The molecule has 2 fully saturated rings. The third-order valence-corrected chi connectivity index (χ3v) is 5.99. The van der Waals surface area contributed by atoms with E-state index in [1.165, 1.54) is 31.2 Å². The lowest BCUT2D eigenvalue weighted by Crippen LogP contribution is -2.31. The van der Waals surface area contributed by atoms with Crippen LogP contribution < -0.4 is 10.6 Å². The highest BCUT2D eigenvalue weighted by atomic mass is 16.2. The summed E-state index contributed by atoms with van der Waals surface area (Å²) in [5.41, 5.74) is 10.3. The van der Waals surface area contributed by atoms with Crippen LogP contribution in [0, 0.1) is 24.7 Å². The second-order valence-electron chi connectivity index (χ2n) is 7.27. The summed E-state index contributed by atoms with van der Waals surface area (Å²) >= 11 is 0. The number of benzene rings is 1. The zero-order valence-corrected chi connectivity index (χ0v) is 12.8. The fourth-order valence-corrected chi connectivity index (χ4v) is 4.80. The second-order valence-corrected chi connectivity index (χ2v) is 7.27. The van der Waals surface area contributed by atoms with Crippen molar-refractivity contribution < 1.29 is 4.79 Å². The fourth-order valence-electron chi connectivity index (χ4n) is 4.80. The minimum atomic E-state index is 0.314. The van der Waals surface area contributed by atoms with Crippen molar-refractivity contribution in [2.24, 2.45) is 17.8 Å². The molecule has 2 N–H and O–H groups in total. The molecule has 4 rings (SSSR count). The van der Waals surface area contributed by atoms with Crippen LogP contribution in [0.25, 0.3) is 0 Å². The maximum absolute atomic E-state index is 12.7. The van der Waals surface area contributed by atoms with Crippen LogP contribution in [0.3, 0.4) is 0 Å². The van der Waals surface area contributed by atoms with Gasteiger partial charge in [0.15, 0.2) is 0 Å². The molecule has 1 aromatic carbocycles. The Morgan fingerprint density at radius 3 is 2.90 bits per heavy atom. The van der Waals surface area contributed by atoms with Gasteiger partial charge in [-0.2, -0.15) is 0 Å². The molecule has 1 aliphatic heterocycles. The van der Waals surface area contributed by atoms with Crippen LogP contribution in [0.2, 0.25) is 0 Å². The van der Waals surface area contributed by atoms with Crippen molar-refractivity contribution in [3.8, 4) is 0 Å². The highest BCUT2D eigenvalue weighted by Crippen LogP contribution is 2.50.